The predicted octanol–water partition coefficient (Wildman–Crippen LogP) is 1.62. The van der Waals surface area contributed by atoms with Crippen molar-refractivity contribution >= 4 is 27.5 Å². The van der Waals surface area contributed by atoms with E-state index >= 15 is 0 Å². The highest BCUT2D eigenvalue weighted by atomic mass is 32.2. The van der Waals surface area contributed by atoms with Gasteiger partial charge in [0.2, 0.25) is 21.8 Å². The largest absolute Gasteiger partial charge is 0.352 e. The number of benzene rings is 2. The number of sulfonamides is 1. The van der Waals surface area contributed by atoms with Crippen molar-refractivity contribution < 1.29 is 18.0 Å². The number of anilines is 1. The SMILES string of the molecule is Cc1ccc(N2CC(C(=O)NCc3ccc(S(N)(=O)=O)cc3)CC2=O)cc1C. The number of carbonyl (C=O) groups is 2. The first-order valence-electron chi connectivity index (χ1n) is 8.92. The van der Waals surface area contributed by atoms with Gasteiger partial charge in [0, 0.05) is 25.2 Å². The lowest BCUT2D eigenvalue weighted by Gasteiger charge is -2.18. The molecule has 1 atom stereocenters. The van der Waals surface area contributed by atoms with Crippen LogP contribution in [0.25, 0.3) is 0 Å². The second-order valence-corrected chi connectivity index (χ2v) is 8.64. The van der Waals surface area contributed by atoms with Crippen LogP contribution in [0.5, 0.6) is 0 Å². The lowest BCUT2D eigenvalue weighted by atomic mass is 10.1. The quantitative estimate of drug-likeness (QED) is 0.793. The van der Waals surface area contributed by atoms with Crippen LogP contribution >= 0.6 is 0 Å². The molecule has 3 rings (SSSR count). The number of nitrogens with two attached hydrogens (primary N) is 1. The lowest BCUT2D eigenvalue weighted by Crippen LogP contribution is -2.32. The molecule has 1 fully saturated rings. The van der Waals surface area contributed by atoms with Crippen molar-refractivity contribution in [2.45, 2.75) is 31.7 Å². The van der Waals surface area contributed by atoms with Crippen LogP contribution < -0.4 is 15.4 Å². The molecule has 148 valence electrons. The summed E-state index contributed by atoms with van der Waals surface area (Å²) >= 11 is 0. The first-order chi connectivity index (χ1) is 13.1. The topological polar surface area (TPSA) is 110 Å². The van der Waals surface area contributed by atoms with E-state index in [0.717, 1.165) is 22.4 Å². The highest BCUT2D eigenvalue weighted by molar-refractivity contribution is 7.89. The first kappa shape index (κ1) is 20.0. The van der Waals surface area contributed by atoms with E-state index in [1.54, 1.807) is 17.0 Å². The summed E-state index contributed by atoms with van der Waals surface area (Å²) in [5.41, 5.74) is 3.80. The second-order valence-electron chi connectivity index (χ2n) is 7.08. The van der Waals surface area contributed by atoms with E-state index in [9.17, 15) is 18.0 Å². The summed E-state index contributed by atoms with van der Waals surface area (Å²) in [5.74, 6) is -0.686. The van der Waals surface area contributed by atoms with Gasteiger partial charge in [0.1, 0.15) is 0 Å². The van der Waals surface area contributed by atoms with Crippen LogP contribution in [0.4, 0.5) is 5.69 Å². The molecule has 1 aliphatic rings. The highest BCUT2D eigenvalue weighted by Crippen LogP contribution is 2.27. The summed E-state index contributed by atoms with van der Waals surface area (Å²) in [6, 6.07) is 11.8. The fourth-order valence-electron chi connectivity index (χ4n) is 3.16. The van der Waals surface area contributed by atoms with Crippen molar-refractivity contribution in [1.29, 1.82) is 0 Å². The average molecular weight is 401 g/mol. The summed E-state index contributed by atoms with van der Waals surface area (Å²) in [6.45, 7) is 4.59. The van der Waals surface area contributed by atoms with E-state index in [4.69, 9.17) is 5.14 Å². The van der Waals surface area contributed by atoms with Crippen molar-refractivity contribution in [3.05, 3.63) is 59.2 Å². The monoisotopic (exact) mass is 401 g/mol. The number of aryl methyl sites for hydroxylation is 2. The minimum absolute atomic E-state index is 0.0213. The second kappa shape index (κ2) is 7.73. The number of hydrogen-bond donors (Lipinski definition) is 2. The Morgan fingerprint density at radius 1 is 1.14 bits per heavy atom. The molecule has 2 amide bonds. The molecule has 1 unspecified atom stereocenters. The molecule has 1 heterocycles. The fourth-order valence-corrected chi connectivity index (χ4v) is 3.67. The van der Waals surface area contributed by atoms with E-state index in [1.165, 1.54) is 12.1 Å². The van der Waals surface area contributed by atoms with Gasteiger partial charge in [-0.15, -0.1) is 0 Å². The number of amides is 2. The summed E-state index contributed by atoms with van der Waals surface area (Å²) in [5, 5.41) is 7.88. The molecule has 8 heteroatoms. The van der Waals surface area contributed by atoms with Crippen LogP contribution in [0.3, 0.4) is 0 Å². The molecule has 2 aromatic carbocycles. The minimum Gasteiger partial charge on any atom is -0.352 e. The molecule has 0 saturated carbocycles. The molecule has 28 heavy (non-hydrogen) atoms. The van der Waals surface area contributed by atoms with Crippen molar-refractivity contribution in [1.82, 2.24) is 5.32 Å². The zero-order chi connectivity index (χ0) is 20.5. The number of nitrogens with one attached hydrogen (secondary N) is 1. The normalized spacial score (nSPS) is 17.0. The molecule has 1 saturated heterocycles. The highest BCUT2D eigenvalue weighted by Gasteiger charge is 2.35. The Hall–Kier alpha value is -2.71. The summed E-state index contributed by atoms with van der Waals surface area (Å²) < 4.78 is 22.5. The molecule has 7 nitrogen and oxygen atoms in total. The number of rotatable bonds is 5. The molecule has 0 radical (unpaired) electrons. The number of hydrogen-bond acceptors (Lipinski definition) is 4. The number of primary sulfonamides is 1. The van der Waals surface area contributed by atoms with Gasteiger partial charge in [0.15, 0.2) is 0 Å². The maximum atomic E-state index is 12.5. The van der Waals surface area contributed by atoms with Crippen LogP contribution in [0.2, 0.25) is 0 Å². The van der Waals surface area contributed by atoms with Crippen molar-refractivity contribution in [3.8, 4) is 0 Å². The van der Waals surface area contributed by atoms with E-state index in [1.807, 2.05) is 32.0 Å². The maximum absolute atomic E-state index is 12.5. The van der Waals surface area contributed by atoms with Gasteiger partial charge in [-0.25, -0.2) is 13.6 Å². The average Bonchev–Trinajstić information content (AvgIpc) is 3.03. The van der Waals surface area contributed by atoms with Gasteiger partial charge in [-0.1, -0.05) is 18.2 Å². The molecule has 0 aliphatic carbocycles. The van der Waals surface area contributed by atoms with Crippen molar-refractivity contribution in [3.63, 3.8) is 0 Å². The standard InChI is InChI=1S/C20H23N3O4S/c1-13-3-6-17(9-14(13)2)23-12-16(10-19(23)24)20(25)22-11-15-4-7-18(8-5-15)28(21,26)27/h3-9,16H,10-12H2,1-2H3,(H,22,25)(H2,21,26,27). The molecule has 0 bridgehead atoms. The van der Waals surface area contributed by atoms with E-state index in [2.05, 4.69) is 5.32 Å². The summed E-state index contributed by atoms with van der Waals surface area (Å²) in [7, 11) is -3.74. The van der Waals surface area contributed by atoms with Crippen LogP contribution in [0.1, 0.15) is 23.1 Å². The zero-order valence-electron chi connectivity index (χ0n) is 15.8. The minimum atomic E-state index is -3.74. The Kier molecular flexibility index (Phi) is 5.53. The van der Waals surface area contributed by atoms with Crippen LogP contribution in [-0.4, -0.2) is 26.8 Å². The summed E-state index contributed by atoms with van der Waals surface area (Å²) in [6.07, 6.45) is 0.170. The number of carbonyl (C=O) groups excluding carboxylic acids is 2. The first-order valence-corrected chi connectivity index (χ1v) is 10.5. The van der Waals surface area contributed by atoms with E-state index in [0.29, 0.717) is 6.54 Å². The zero-order valence-corrected chi connectivity index (χ0v) is 16.6. The van der Waals surface area contributed by atoms with Gasteiger partial charge in [-0.3, -0.25) is 9.59 Å². The van der Waals surface area contributed by atoms with Crippen LogP contribution in [0, 0.1) is 19.8 Å². The van der Waals surface area contributed by atoms with Gasteiger partial charge in [-0.2, -0.15) is 0 Å². The molecular formula is C20H23N3O4S. The maximum Gasteiger partial charge on any atom is 0.238 e. The Morgan fingerprint density at radius 3 is 2.43 bits per heavy atom. The molecule has 0 spiro atoms. The third-order valence-electron chi connectivity index (χ3n) is 5.02. The molecule has 0 aromatic heterocycles. The van der Waals surface area contributed by atoms with Gasteiger partial charge in [0.05, 0.1) is 10.8 Å². The fraction of sp³-hybridized carbons (Fsp3) is 0.300. The third kappa shape index (κ3) is 4.40. The van der Waals surface area contributed by atoms with E-state index in [-0.39, 0.29) is 29.7 Å². The summed E-state index contributed by atoms with van der Waals surface area (Å²) in [4.78, 5) is 26.5. The Bertz CT molecular complexity index is 1020. The lowest BCUT2D eigenvalue weighted by molar-refractivity contribution is -0.126. The van der Waals surface area contributed by atoms with Gasteiger partial charge < -0.3 is 10.2 Å². The smallest absolute Gasteiger partial charge is 0.238 e. The van der Waals surface area contributed by atoms with Gasteiger partial charge in [-0.05, 0) is 54.8 Å². The van der Waals surface area contributed by atoms with Gasteiger partial charge >= 0.3 is 0 Å². The van der Waals surface area contributed by atoms with Crippen molar-refractivity contribution in [2.75, 3.05) is 11.4 Å². The Labute approximate surface area is 164 Å². The Balaban J connectivity index is 1.61. The number of nitrogens with zero attached hydrogens (tertiary/aromatic N) is 1. The molecule has 1 aliphatic heterocycles. The Morgan fingerprint density at radius 2 is 1.82 bits per heavy atom. The van der Waals surface area contributed by atoms with E-state index < -0.39 is 15.9 Å². The third-order valence-corrected chi connectivity index (χ3v) is 5.95. The molecular weight excluding hydrogens is 378 g/mol. The van der Waals surface area contributed by atoms with Crippen LogP contribution in [-0.2, 0) is 26.2 Å². The predicted molar refractivity (Wildman–Crippen MR) is 106 cm³/mol. The molecule has 3 N–H and O–H groups in total. The van der Waals surface area contributed by atoms with Crippen molar-refractivity contribution in [2.24, 2.45) is 11.1 Å². The molecule has 2 aromatic rings. The van der Waals surface area contributed by atoms with Gasteiger partial charge in [0.25, 0.3) is 0 Å². The van der Waals surface area contributed by atoms with Crippen LogP contribution in [0.15, 0.2) is 47.4 Å².